The first-order chi connectivity index (χ1) is 15.9. The quantitative estimate of drug-likeness (QED) is 0.711. The first-order valence-corrected chi connectivity index (χ1v) is 10.7. The molecule has 0 bridgehead atoms. The van der Waals surface area contributed by atoms with Crippen LogP contribution in [0.25, 0.3) is 0 Å². The van der Waals surface area contributed by atoms with Crippen LogP contribution in [-0.2, 0) is 14.3 Å². The molecular weight excluding hydrogens is 431 g/mol. The summed E-state index contributed by atoms with van der Waals surface area (Å²) in [6.07, 6.45) is 0.728. The van der Waals surface area contributed by atoms with Gasteiger partial charge < -0.3 is 24.4 Å². The second-order valence-corrected chi connectivity index (χ2v) is 8.09. The number of fused-ring (bicyclic) bond motifs is 2. The Hall–Kier alpha value is -3.46. The van der Waals surface area contributed by atoms with E-state index in [1.807, 2.05) is 0 Å². The molecule has 1 N–H and O–H groups in total. The predicted octanol–water partition coefficient (Wildman–Crippen LogP) is 3.02. The number of nitrogens with one attached hydrogen (secondary N) is 1. The van der Waals surface area contributed by atoms with Gasteiger partial charge in [0.15, 0.2) is 0 Å². The standard InChI is InChI=1S/C24H25FN2O6/c1-27-19-9-8-15(12-22(28)31-2)33-21(19)13-32-20-10-7-14(11-17(20)24(27)30)26-23(29)16-5-3-4-6-18(16)25/h3-7,10-11,15,19,21H,8-9,12-13H2,1-2H3,(H,26,29)/t15-,19+,21-/m1/s1. The van der Waals surface area contributed by atoms with E-state index in [2.05, 4.69) is 5.32 Å². The van der Waals surface area contributed by atoms with E-state index in [1.54, 1.807) is 30.1 Å². The Morgan fingerprint density at radius 3 is 2.76 bits per heavy atom. The third kappa shape index (κ3) is 4.83. The summed E-state index contributed by atoms with van der Waals surface area (Å²) in [5.74, 6) is -1.51. The molecule has 8 nitrogen and oxygen atoms in total. The topological polar surface area (TPSA) is 94.2 Å². The fourth-order valence-corrected chi connectivity index (χ4v) is 4.22. The van der Waals surface area contributed by atoms with Crippen LogP contribution < -0.4 is 10.1 Å². The monoisotopic (exact) mass is 456 g/mol. The van der Waals surface area contributed by atoms with Crippen LogP contribution in [0, 0.1) is 5.82 Å². The number of nitrogens with zero attached hydrogens (tertiary/aromatic N) is 1. The van der Waals surface area contributed by atoms with Crippen molar-refractivity contribution in [1.82, 2.24) is 4.90 Å². The van der Waals surface area contributed by atoms with E-state index < -0.39 is 17.8 Å². The third-order valence-corrected chi connectivity index (χ3v) is 6.01. The maximum atomic E-state index is 13.9. The molecule has 4 rings (SSSR count). The van der Waals surface area contributed by atoms with Gasteiger partial charge in [-0.15, -0.1) is 0 Å². The Bertz CT molecular complexity index is 1070. The van der Waals surface area contributed by atoms with Gasteiger partial charge in [0.1, 0.15) is 24.3 Å². The summed E-state index contributed by atoms with van der Waals surface area (Å²) in [4.78, 5) is 38.9. The zero-order chi connectivity index (χ0) is 23.5. The van der Waals surface area contributed by atoms with Crippen LogP contribution in [0.2, 0.25) is 0 Å². The molecule has 0 saturated carbocycles. The van der Waals surface area contributed by atoms with Gasteiger partial charge in [-0.2, -0.15) is 0 Å². The summed E-state index contributed by atoms with van der Waals surface area (Å²) in [5, 5.41) is 2.63. The molecule has 1 saturated heterocycles. The largest absolute Gasteiger partial charge is 0.490 e. The van der Waals surface area contributed by atoms with Crippen molar-refractivity contribution in [1.29, 1.82) is 0 Å². The first-order valence-electron chi connectivity index (χ1n) is 10.7. The summed E-state index contributed by atoms with van der Waals surface area (Å²) >= 11 is 0. The molecule has 0 unspecified atom stereocenters. The lowest BCUT2D eigenvalue weighted by Gasteiger charge is -2.42. The lowest BCUT2D eigenvalue weighted by molar-refractivity contribution is -0.151. The maximum absolute atomic E-state index is 13.9. The molecule has 0 spiro atoms. The molecule has 2 aromatic carbocycles. The number of likely N-dealkylation sites (N-methyl/N-ethyl adjacent to an activating group) is 1. The number of ether oxygens (including phenoxy) is 3. The van der Waals surface area contributed by atoms with Crippen LogP contribution in [0.4, 0.5) is 10.1 Å². The van der Waals surface area contributed by atoms with Crippen molar-refractivity contribution in [2.45, 2.75) is 37.5 Å². The second-order valence-electron chi connectivity index (χ2n) is 8.09. The lowest BCUT2D eigenvalue weighted by atomic mass is 9.94. The van der Waals surface area contributed by atoms with Crippen molar-refractivity contribution in [3.05, 3.63) is 59.4 Å². The number of carbonyl (C=O) groups excluding carboxylic acids is 3. The number of methoxy groups -OCH3 is 1. The van der Waals surface area contributed by atoms with E-state index in [0.717, 1.165) is 0 Å². The number of hydrogen-bond donors (Lipinski definition) is 1. The minimum Gasteiger partial charge on any atom is -0.490 e. The maximum Gasteiger partial charge on any atom is 0.308 e. The number of esters is 1. The number of carbonyl (C=O) groups is 3. The number of halogens is 1. The molecule has 1 fully saturated rings. The average molecular weight is 456 g/mol. The molecule has 33 heavy (non-hydrogen) atoms. The molecule has 3 atom stereocenters. The van der Waals surface area contributed by atoms with Gasteiger partial charge in [-0.05, 0) is 43.2 Å². The lowest BCUT2D eigenvalue weighted by Crippen LogP contribution is -2.53. The van der Waals surface area contributed by atoms with E-state index in [9.17, 15) is 18.8 Å². The summed E-state index contributed by atoms with van der Waals surface area (Å²) in [6, 6.07) is 10.1. The molecule has 2 aromatic rings. The van der Waals surface area contributed by atoms with Crippen LogP contribution >= 0.6 is 0 Å². The van der Waals surface area contributed by atoms with Crippen LogP contribution in [-0.4, -0.2) is 61.7 Å². The van der Waals surface area contributed by atoms with Gasteiger partial charge in [-0.25, -0.2) is 4.39 Å². The fraction of sp³-hybridized carbons (Fsp3) is 0.375. The molecule has 2 heterocycles. The van der Waals surface area contributed by atoms with Gasteiger partial charge in [-0.1, -0.05) is 12.1 Å². The molecule has 0 aliphatic carbocycles. The van der Waals surface area contributed by atoms with Gasteiger partial charge in [0.25, 0.3) is 11.8 Å². The molecule has 9 heteroatoms. The van der Waals surface area contributed by atoms with Crippen LogP contribution in [0.5, 0.6) is 5.75 Å². The van der Waals surface area contributed by atoms with E-state index >= 15 is 0 Å². The van der Waals surface area contributed by atoms with Crippen molar-refractivity contribution in [3.63, 3.8) is 0 Å². The van der Waals surface area contributed by atoms with Crippen LogP contribution in [0.15, 0.2) is 42.5 Å². The molecule has 0 aromatic heterocycles. The summed E-state index contributed by atoms with van der Waals surface area (Å²) < 4.78 is 30.6. The minimum atomic E-state index is -0.630. The van der Waals surface area contributed by atoms with Crippen molar-refractivity contribution < 1.29 is 33.0 Å². The van der Waals surface area contributed by atoms with Crippen molar-refractivity contribution in [2.75, 3.05) is 26.1 Å². The number of anilines is 1. The summed E-state index contributed by atoms with van der Waals surface area (Å²) in [7, 11) is 3.03. The number of amides is 2. The molecular formula is C24H25FN2O6. The first kappa shape index (κ1) is 22.7. The Balaban J connectivity index is 1.52. The Kier molecular flexibility index (Phi) is 6.60. The van der Waals surface area contributed by atoms with Gasteiger partial charge >= 0.3 is 5.97 Å². The predicted molar refractivity (Wildman–Crippen MR) is 117 cm³/mol. The van der Waals surface area contributed by atoms with Crippen molar-refractivity contribution in [3.8, 4) is 5.75 Å². The smallest absolute Gasteiger partial charge is 0.308 e. The minimum absolute atomic E-state index is 0.0901. The van der Waals surface area contributed by atoms with Gasteiger partial charge in [0.2, 0.25) is 0 Å². The third-order valence-electron chi connectivity index (χ3n) is 6.01. The van der Waals surface area contributed by atoms with E-state index in [1.165, 1.54) is 31.4 Å². The van der Waals surface area contributed by atoms with Gasteiger partial charge in [0, 0.05) is 12.7 Å². The Morgan fingerprint density at radius 2 is 2.00 bits per heavy atom. The van der Waals surface area contributed by atoms with Gasteiger partial charge in [0.05, 0.1) is 36.8 Å². The van der Waals surface area contributed by atoms with E-state index in [4.69, 9.17) is 14.2 Å². The second kappa shape index (κ2) is 9.58. The highest BCUT2D eigenvalue weighted by molar-refractivity contribution is 6.05. The van der Waals surface area contributed by atoms with Crippen molar-refractivity contribution in [2.24, 2.45) is 0 Å². The molecule has 2 amide bonds. The highest BCUT2D eigenvalue weighted by Crippen LogP contribution is 2.32. The molecule has 2 aliphatic rings. The van der Waals surface area contributed by atoms with Gasteiger partial charge in [-0.3, -0.25) is 14.4 Å². The Labute approximate surface area is 190 Å². The SMILES string of the molecule is COC(=O)C[C@H]1CC[C@H]2[C@@H](COc3ccc(NC(=O)c4ccccc4F)cc3C(=O)N2C)O1. The number of rotatable bonds is 4. The number of benzene rings is 2. The van der Waals surface area contributed by atoms with Crippen LogP contribution in [0.1, 0.15) is 40.0 Å². The molecule has 2 aliphatic heterocycles. The zero-order valence-corrected chi connectivity index (χ0v) is 18.4. The summed E-state index contributed by atoms with van der Waals surface area (Å²) in [5.41, 5.74) is 0.550. The normalized spacial score (nSPS) is 22.2. The van der Waals surface area contributed by atoms with Crippen molar-refractivity contribution >= 4 is 23.5 Å². The molecule has 174 valence electrons. The van der Waals surface area contributed by atoms with Crippen LogP contribution in [0.3, 0.4) is 0 Å². The highest BCUT2D eigenvalue weighted by Gasteiger charge is 2.39. The fourth-order valence-electron chi connectivity index (χ4n) is 4.22. The average Bonchev–Trinajstić information content (AvgIpc) is 2.82. The zero-order valence-electron chi connectivity index (χ0n) is 18.4. The van der Waals surface area contributed by atoms with E-state index in [0.29, 0.717) is 29.8 Å². The highest BCUT2D eigenvalue weighted by atomic mass is 19.1. The number of hydrogen-bond acceptors (Lipinski definition) is 6. The Morgan fingerprint density at radius 1 is 1.21 bits per heavy atom. The molecule has 0 radical (unpaired) electrons. The van der Waals surface area contributed by atoms with E-state index in [-0.39, 0.29) is 42.6 Å². The summed E-state index contributed by atoms with van der Waals surface area (Å²) in [6.45, 7) is 0.202.